The number of nitrogens with two attached hydrogens (primary N) is 1. The van der Waals surface area contributed by atoms with Crippen molar-refractivity contribution in [2.24, 2.45) is 5.73 Å². The van der Waals surface area contributed by atoms with Gasteiger partial charge in [-0.05, 0) is 19.1 Å². The van der Waals surface area contributed by atoms with E-state index in [0.29, 0.717) is 13.1 Å². The van der Waals surface area contributed by atoms with Crippen molar-refractivity contribution in [1.29, 1.82) is 0 Å². The van der Waals surface area contributed by atoms with Gasteiger partial charge in [0.25, 0.3) is 5.91 Å². The van der Waals surface area contributed by atoms with Crippen LogP contribution in [0.3, 0.4) is 0 Å². The SMILES string of the molecule is CC(N)CC(=O)NCCNC(=O)c1ccco1.Cl. The van der Waals surface area contributed by atoms with Crippen LogP contribution in [0.4, 0.5) is 0 Å². The topological polar surface area (TPSA) is 97.4 Å². The van der Waals surface area contributed by atoms with E-state index in [4.69, 9.17) is 10.2 Å². The fraction of sp³-hybridized carbons (Fsp3) is 0.455. The number of carbonyl (C=O) groups is 2. The van der Waals surface area contributed by atoms with Crippen LogP contribution in [0.15, 0.2) is 22.8 Å². The Morgan fingerprint density at radius 3 is 2.61 bits per heavy atom. The Morgan fingerprint density at radius 2 is 2.06 bits per heavy atom. The lowest BCUT2D eigenvalue weighted by molar-refractivity contribution is -0.121. The van der Waals surface area contributed by atoms with Crippen molar-refractivity contribution in [2.75, 3.05) is 13.1 Å². The summed E-state index contributed by atoms with van der Waals surface area (Å²) in [7, 11) is 0. The summed E-state index contributed by atoms with van der Waals surface area (Å²) in [6, 6.07) is 3.05. The molecule has 18 heavy (non-hydrogen) atoms. The zero-order valence-electron chi connectivity index (χ0n) is 10.1. The molecule has 1 rings (SSSR count). The minimum Gasteiger partial charge on any atom is -0.459 e. The number of halogens is 1. The molecule has 0 aromatic carbocycles. The van der Waals surface area contributed by atoms with Crippen molar-refractivity contribution >= 4 is 24.2 Å². The second kappa shape index (κ2) is 8.54. The van der Waals surface area contributed by atoms with Gasteiger partial charge in [0.1, 0.15) is 0 Å². The molecule has 0 saturated heterocycles. The van der Waals surface area contributed by atoms with E-state index in [1.54, 1.807) is 19.1 Å². The molecule has 0 spiro atoms. The molecule has 7 heteroatoms. The van der Waals surface area contributed by atoms with Gasteiger partial charge in [-0.25, -0.2) is 0 Å². The summed E-state index contributed by atoms with van der Waals surface area (Å²) in [5.41, 5.74) is 5.47. The van der Waals surface area contributed by atoms with E-state index in [1.807, 2.05) is 0 Å². The first-order valence-corrected chi connectivity index (χ1v) is 5.43. The molecule has 0 aliphatic carbocycles. The number of furan rings is 1. The monoisotopic (exact) mass is 275 g/mol. The van der Waals surface area contributed by atoms with Crippen LogP contribution >= 0.6 is 12.4 Å². The maximum absolute atomic E-state index is 11.4. The van der Waals surface area contributed by atoms with Crippen LogP contribution in [-0.2, 0) is 4.79 Å². The zero-order valence-corrected chi connectivity index (χ0v) is 11.0. The molecule has 1 aromatic heterocycles. The molecular weight excluding hydrogens is 258 g/mol. The summed E-state index contributed by atoms with van der Waals surface area (Å²) in [5, 5.41) is 5.27. The lowest BCUT2D eigenvalue weighted by atomic mass is 10.2. The van der Waals surface area contributed by atoms with Gasteiger partial charge < -0.3 is 20.8 Å². The van der Waals surface area contributed by atoms with Crippen LogP contribution < -0.4 is 16.4 Å². The van der Waals surface area contributed by atoms with Gasteiger partial charge in [0, 0.05) is 25.6 Å². The lowest BCUT2D eigenvalue weighted by Gasteiger charge is -2.07. The summed E-state index contributed by atoms with van der Waals surface area (Å²) < 4.78 is 4.91. The highest BCUT2D eigenvalue weighted by atomic mass is 35.5. The maximum atomic E-state index is 11.4. The van der Waals surface area contributed by atoms with Crippen LogP contribution in [0.2, 0.25) is 0 Å². The molecule has 0 radical (unpaired) electrons. The largest absolute Gasteiger partial charge is 0.459 e. The molecule has 4 N–H and O–H groups in total. The van der Waals surface area contributed by atoms with Crippen LogP contribution in [0.1, 0.15) is 23.9 Å². The third-order valence-electron chi connectivity index (χ3n) is 1.99. The van der Waals surface area contributed by atoms with Gasteiger partial charge in [-0.3, -0.25) is 9.59 Å². The lowest BCUT2D eigenvalue weighted by Crippen LogP contribution is -2.36. The van der Waals surface area contributed by atoms with Crippen molar-refractivity contribution in [2.45, 2.75) is 19.4 Å². The molecule has 1 aromatic rings. The highest BCUT2D eigenvalue weighted by Gasteiger charge is 2.07. The predicted octanol–water partition coefficient (Wildman–Crippen LogP) is 0.285. The molecular formula is C11H18ClN3O3. The Bertz CT molecular complexity index is 366. The summed E-state index contributed by atoms with van der Waals surface area (Å²) in [6.07, 6.45) is 1.71. The average Bonchev–Trinajstić information content (AvgIpc) is 2.76. The maximum Gasteiger partial charge on any atom is 0.287 e. The quantitative estimate of drug-likeness (QED) is 0.650. The summed E-state index contributed by atoms with van der Waals surface area (Å²) in [6.45, 7) is 2.49. The fourth-order valence-corrected chi connectivity index (χ4v) is 1.24. The normalized spacial score (nSPS) is 11.2. The summed E-state index contributed by atoms with van der Waals surface area (Å²) in [4.78, 5) is 22.6. The first-order valence-electron chi connectivity index (χ1n) is 5.43. The summed E-state index contributed by atoms with van der Waals surface area (Å²) >= 11 is 0. The van der Waals surface area contributed by atoms with Gasteiger partial charge in [0.2, 0.25) is 5.91 Å². The van der Waals surface area contributed by atoms with Gasteiger partial charge in [0.15, 0.2) is 5.76 Å². The van der Waals surface area contributed by atoms with E-state index in [9.17, 15) is 9.59 Å². The van der Waals surface area contributed by atoms with E-state index in [2.05, 4.69) is 10.6 Å². The number of nitrogens with one attached hydrogen (secondary N) is 2. The van der Waals surface area contributed by atoms with Crippen molar-refractivity contribution < 1.29 is 14.0 Å². The van der Waals surface area contributed by atoms with Crippen molar-refractivity contribution in [3.63, 3.8) is 0 Å². The van der Waals surface area contributed by atoms with Gasteiger partial charge in [-0.1, -0.05) is 0 Å². The predicted molar refractivity (Wildman–Crippen MR) is 69.6 cm³/mol. The Labute approximate surface area is 112 Å². The second-order valence-electron chi connectivity index (χ2n) is 3.76. The molecule has 0 aliphatic rings. The minimum absolute atomic E-state index is 0. The highest BCUT2D eigenvalue weighted by molar-refractivity contribution is 5.91. The third-order valence-corrected chi connectivity index (χ3v) is 1.99. The Morgan fingerprint density at radius 1 is 1.39 bits per heavy atom. The van der Waals surface area contributed by atoms with Gasteiger partial charge >= 0.3 is 0 Å². The number of carbonyl (C=O) groups excluding carboxylic acids is 2. The van der Waals surface area contributed by atoms with E-state index in [0.717, 1.165) is 0 Å². The van der Waals surface area contributed by atoms with Gasteiger partial charge in [0.05, 0.1) is 6.26 Å². The molecule has 0 saturated carbocycles. The van der Waals surface area contributed by atoms with Crippen LogP contribution in [-0.4, -0.2) is 30.9 Å². The molecule has 1 heterocycles. The van der Waals surface area contributed by atoms with Crippen LogP contribution in [0, 0.1) is 0 Å². The first kappa shape index (κ1) is 16.5. The standard InChI is InChI=1S/C11H17N3O3.ClH/c1-8(12)7-10(15)13-4-5-14-11(16)9-3-2-6-17-9;/h2-3,6,8H,4-5,7,12H2,1H3,(H,13,15)(H,14,16);1H. The van der Waals surface area contributed by atoms with E-state index >= 15 is 0 Å². The van der Waals surface area contributed by atoms with Crippen LogP contribution in [0.5, 0.6) is 0 Å². The van der Waals surface area contributed by atoms with Gasteiger partial charge in [-0.2, -0.15) is 0 Å². The number of hydrogen-bond donors (Lipinski definition) is 3. The Balaban J connectivity index is 0.00000289. The van der Waals surface area contributed by atoms with Crippen molar-refractivity contribution in [3.8, 4) is 0 Å². The zero-order chi connectivity index (χ0) is 12.7. The number of amides is 2. The molecule has 1 unspecified atom stereocenters. The van der Waals surface area contributed by atoms with Crippen LogP contribution in [0.25, 0.3) is 0 Å². The van der Waals surface area contributed by atoms with Crippen molar-refractivity contribution in [1.82, 2.24) is 10.6 Å². The molecule has 102 valence electrons. The molecule has 6 nitrogen and oxygen atoms in total. The Kier molecular flexibility index (Phi) is 7.82. The van der Waals surface area contributed by atoms with E-state index in [1.165, 1.54) is 6.26 Å². The second-order valence-corrected chi connectivity index (χ2v) is 3.76. The number of rotatable bonds is 6. The smallest absolute Gasteiger partial charge is 0.287 e. The molecule has 1 atom stereocenters. The Hall–Kier alpha value is -1.53. The highest BCUT2D eigenvalue weighted by Crippen LogP contribution is 1.98. The third kappa shape index (κ3) is 6.27. The average molecular weight is 276 g/mol. The molecule has 0 bridgehead atoms. The first-order chi connectivity index (χ1) is 8.09. The van der Waals surface area contributed by atoms with Crippen molar-refractivity contribution in [3.05, 3.63) is 24.2 Å². The van der Waals surface area contributed by atoms with Gasteiger partial charge in [-0.15, -0.1) is 12.4 Å². The van der Waals surface area contributed by atoms with E-state index in [-0.39, 0.29) is 42.4 Å². The molecule has 2 amide bonds. The molecule has 0 fully saturated rings. The number of hydrogen-bond acceptors (Lipinski definition) is 4. The minimum atomic E-state index is -0.295. The summed E-state index contributed by atoms with van der Waals surface area (Å²) in [5.74, 6) is -0.157. The molecule has 0 aliphatic heterocycles. The fourth-order valence-electron chi connectivity index (χ4n) is 1.24. The van der Waals surface area contributed by atoms with E-state index < -0.39 is 0 Å².